The average Bonchev–Trinajstić information content (AvgIpc) is 2.36. The van der Waals surface area contributed by atoms with E-state index in [1.165, 1.54) is 0 Å². The highest BCUT2D eigenvalue weighted by atomic mass is 19.1. The van der Waals surface area contributed by atoms with Crippen LogP contribution in [0.5, 0.6) is 0 Å². The molecular formula is C14H13F3N2O2. The molecule has 0 fully saturated rings. The second-order valence-electron chi connectivity index (χ2n) is 4.27. The normalized spacial score (nSPS) is 11.5. The zero-order valence-electron chi connectivity index (χ0n) is 11.0. The van der Waals surface area contributed by atoms with Crippen LogP contribution in [0.2, 0.25) is 0 Å². The third-order valence-corrected chi connectivity index (χ3v) is 2.70. The van der Waals surface area contributed by atoms with Gasteiger partial charge < -0.3 is 11.1 Å². The molecule has 3 N–H and O–H groups in total. The zero-order valence-corrected chi connectivity index (χ0v) is 11.0. The maximum Gasteiger partial charge on any atom is 0.257 e. The van der Waals surface area contributed by atoms with E-state index in [2.05, 4.69) is 11.2 Å². The molecule has 0 unspecified atom stereocenters. The van der Waals surface area contributed by atoms with E-state index in [4.69, 9.17) is 12.2 Å². The van der Waals surface area contributed by atoms with Crippen molar-refractivity contribution in [2.45, 2.75) is 25.3 Å². The molecule has 0 heterocycles. The van der Waals surface area contributed by atoms with E-state index >= 15 is 0 Å². The second kappa shape index (κ2) is 7.33. The number of rotatable bonds is 6. The molecule has 0 spiro atoms. The molecule has 0 bridgehead atoms. The van der Waals surface area contributed by atoms with Gasteiger partial charge in [0.25, 0.3) is 5.91 Å². The van der Waals surface area contributed by atoms with Crippen LogP contribution in [0.25, 0.3) is 0 Å². The number of benzene rings is 1. The fourth-order valence-electron chi connectivity index (χ4n) is 1.68. The monoisotopic (exact) mass is 298 g/mol. The summed E-state index contributed by atoms with van der Waals surface area (Å²) < 4.78 is 39.6. The molecule has 21 heavy (non-hydrogen) atoms. The quantitative estimate of drug-likeness (QED) is 0.617. The van der Waals surface area contributed by atoms with Crippen LogP contribution in [0.3, 0.4) is 0 Å². The molecule has 2 amide bonds. The molecule has 0 saturated carbocycles. The minimum Gasteiger partial charge on any atom is -0.368 e. The number of hydrogen-bond acceptors (Lipinski definition) is 2. The maximum absolute atomic E-state index is 13.4. The molecule has 0 aliphatic heterocycles. The Balaban J connectivity index is 2.88. The van der Waals surface area contributed by atoms with Crippen LogP contribution in [0, 0.1) is 29.8 Å². The number of terminal acetylenes is 1. The van der Waals surface area contributed by atoms with Crippen LogP contribution < -0.4 is 11.1 Å². The summed E-state index contributed by atoms with van der Waals surface area (Å²) in [5, 5.41) is 2.11. The lowest BCUT2D eigenvalue weighted by Crippen LogP contribution is -2.44. The predicted octanol–water partition coefficient (Wildman–Crippen LogP) is 1.49. The van der Waals surface area contributed by atoms with Crippen molar-refractivity contribution in [3.8, 4) is 12.3 Å². The van der Waals surface area contributed by atoms with E-state index in [0.29, 0.717) is 25.0 Å². The second-order valence-corrected chi connectivity index (χ2v) is 4.27. The Bertz CT molecular complexity index is 573. The summed E-state index contributed by atoms with van der Waals surface area (Å²) in [7, 11) is 0. The molecule has 0 aromatic heterocycles. The van der Waals surface area contributed by atoms with Crippen molar-refractivity contribution in [1.82, 2.24) is 5.32 Å². The summed E-state index contributed by atoms with van der Waals surface area (Å²) in [6.07, 6.45) is 5.95. The Kier molecular flexibility index (Phi) is 5.79. The molecule has 0 aliphatic rings. The number of nitrogens with one attached hydrogen (secondary N) is 1. The highest BCUT2D eigenvalue weighted by Gasteiger charge is 2.23. The molecule has 7 heteroatoms. The summed E-state index contributed by atoms with van der Waals surface area (Å²) in [6.45, 7) is 0. The number of carbonyl (C=O) groups excluding carboxylic acids is 2. The summed E-state index contributed by atoms with van der Waals surface area (Å²) >= 11 is 0. The summed E-state index contributed by atoms with van der Waals surface area (Å²) in [4.78, 5) is 23.0. The van der Waals surface area contributed by atoms with Gasteiger partial charge in [0.2, 0.25) is 5.91 Å². The first-order chi connectivity index (χ1) is 9.86. The molecule has 1 rings (SSSR count). The standard InChI is InChI=1S/C14H13F3N2O2/c1-2-3-4-5-11(13(18)20)19-14(21)12-9(16)6-8(15)7-10(12)17/h1,6-7,11H,3-5H2,(H2,18,20)(H,19,21)/t11-/m1/s1. The smallest absolute Gasteiger partial charge is 0.257 e. The topological polar surface area (TPSA) is 72.2 Å². The Labute approximate surface area is 119 Å². The van der Waals surface area contributed by atoms with Crippen LogP contribution in [0.1, 0.15) is 29.6 Å². The van der Waals surface area contributed by atoms with Crippen LogP contribution in [-0.4, -0.2) is 17.9 Å². The minimum absolute atomic E-state index is 0.135. The lowest BCUT2D eigenvalue weighted by molar-refractivity contribution is -0.120. The van der Waals surface area contributed by atoms with E-state index in [1.54, 1.807) is 0 Å². The van der Waals surface area contributed by atoms with E-state index in [-0.39, 0.29) is 6.42 Å². The van der Waals surface area contributed by atoms with Crippen LogP contribution in [-0.2, 0) is 4.79 Å². The van der Waals surface area contributed by atoms with Gasteiger partial charge in [-0.25, -0.2) is 13.2 Å². The molecule has 0 aliphatic carbocycles. The van der Waals surface area contributed by atoms with Gasteiger partial charge in [-0.15, -0.1) is 12.3 Å². The van der Waals surface area contributed by atoms with Gasteiger partial charge in [-0.2, -0.15) is 0 Å². The fraction of sp³-hybridized carbons (Fsp3) is 0.286. The molecule has 0 radical (unpaired) electrons. The third-order valence-electron chi connectivity index (χ3n) is 2.70. The predicted molar refractivity (Wildman–Crippen MR) is 69.4 cm³/mol. The summed E-state index contributed by atoms with van der Waals surface area (Å²) in [6, 6.07) is -0.375. The Morgan fingerprint density at radius 1 is 1.29 bits per heavy atom. The average molecular weight is 298 g/mol. The molecule has 0 saturated heterocycles. The number of unbranched alkanes of at least 4 members (excludes halogenated alkanes) is 1. The van der Waals surface area contributed by atoms with Crippen molar-refractivity contribution in [3.05, 3.63) is 35.1 Å². The number of carbonyl (C=O) groups is 2. The molecular weight excluding hydrogens is 285 g/mol. The van der Waals surface area contributed by atoms with Gasteiger partial charge in [0.05, 0.1) is 0 Å². The van der Waals surface area contributed by atoms with Gasteiger partial charge in [0, 0.05) is 18.6 Å². The maximum atomic E-state index is 13.4. The van der Waals surface area contributed by atoms with Crippen LogP contribution >= 0.6 is 0 Å². The third kappa shape index (κ3) is 4.53. The van der Waals surface area contributed by atoms with Crippen molar-refractivity contribution in [2.75, 3.05) is 0 Å². The van der Waals surface area contributed by atoms with Crippen molar-refractivity contribution in [3.63, 3.8) is 0 Å². The van der Waals surface area contributed by atoms with Crippen LogP contribution in [0.15, 0.2) is 12.1 Å². The van der Waals surface area contributed by atoms with E-state index in [9.17, 15) is 22.8 Å². The van der Waals surface area contributed by atoms with Crippen molar-refractivity contribution in [1.29, 1.82) is 0 Å². The molecule has 4 nitrogen and oxygen atoms in total. The van der Waals surface area contributed by atoms with Gasteiger partial charge in [0.15, 0.2) is 0 Å². The number of hydrogen-bond donors (Lipinski definition) is 2. The first-order valence-corrected chi connectivity index (χ1v) is 6.05. The number of amides is 2. The molecule has 1 aromatic rings. The SMILES string of the molecule is C#CCCC[C@@H](NC(=O)c1c(F)cc(F)cc1F)C(N)=O. The summed E-state index contributed by atoms with van der Waals surface area (Å²) in [5.74, 6) is -3.58. The van der Waals surface area contributed by atoms with E-state index in [0.717, 1.165) is 0 Å². The summed E-state index contributed by atoms with van der Waals surface area (Å²) in [5.41, 5.74) is 4.12. The highest BCUT2D eigenvalue weighted by molar-refractivity contribution is 5.97. The number of primary amides is 1. The fourth-order valence-corrected chi connectivity index (χ4v) is 1.68. The first-order valence-electron chi connectivity index (χ1n) is 6.05. The first kappa shape index (κ1) is 16.6. The number of halogens is 3. The minimum atomic E-state index is -1.36. The Hall–Kier alpha value is -2.49. The van der Waals surface area contributed by atoms with Gasteiger partial charge in [-0.05, 0) is 12.8 Å². The van der Waals surface area contributed by atoms with Gasteiger partial charge in [0.1, 0.15) is 29.1 Å². The van der Waals surface area contributed by atoms with Gasteiger partial charge in [-0.1, -0.05) is 0 Å². The lowest BCUT2D eigenvalue weighted by Gasteiger charge is -2.15. The molecule has 1 atom stereocenters. The van der Waals surface area contributed by atoms with E-state index in [1.807, 2.05) is 0 Å². The van der Waals surface area contributed by atoms with Gasteiger partial charge in [-0.3, -0.25) is 9.59 Å². The highest BCUT2D eigenvalue weighted by Crippen LogP contribution is 2.15. The zero-order chi connectivity index (χ0) is 16.0. The Morgan fingerprint density at radius 2 is 1.86 bits per heavy atom. The number of nitrogens with two attached hydrogens (primary N) is 1. The van der Waals surface area contributed by atoms with Crippen LogP contribution in [0.4, 0.5) is 13.2 Å². The van der Waals surface area contributed by atoms with Crippen molar-refractivity contribution >= 4 is 11.8 Å². The van der Waals surface area contributed by atoms with E-state index < -0.39 is 40.9 Å². The molecule has 1 aromatic carbocycles. The van der Waals surface area contributed by atoms with Crippen molar-refractivity contribution < 1.29 is 22.8 Å². The largest absolute Gasteiger partial charge is 0.368 e. The van der Waals surface area contributed by atoms with Gasteiger partial charge >= 0.3 is 0 Å². The lowest BCUT2D eigenvalue weighted by atomic mass is 10.1. The Morgan fingerprint density at radius 3 is 2.33 bits per heavy atom. The van der Waals surface area contributed by atoms with Crippen molar-refractivity contribution in [2.24, 2.45) is 5.73 Å². The molecule has 112 valence electrons.